The quantitative estimate of drug-likeness (QED) is 0.238. The fraction of sp³-hybridized carbons (Fsp3) is 0.861. The van der Waals surface area contributed by atoms with Gasteiger partial charge < -0.3 is 26.2 Å². The Hall–Kier alpha value is -2.70. The molecule has 3 saturated carbocycles. The summed E-state index contributed by atoms with van der Waals surface area (Å²) in [5.41, 5.74) is -3.25. The third kappa shape index (κ3) is 6.98. The minimum atomic E-state index is -3.64. The molecule has 1 aliphatic heterocycles. The first kappa shape index (κ1) is 39.1. The lowest BCUT2D eigenvalue weighted by Crippen LogP contribution is -2.66. The molecule has 5 amide bonds. The largest absolute Gasteiger partial charge is 0.350 e. The van der Waals surface area contributed by atoms with Gasteiger partial charge in [-0.25, -0.2) is 13.2 Å². The van der Waals surface area contributed by atoms with Gasteiger partial charge in [0.15, 0.2) is 9.84 Å². The van der Waals surface area contributed by atoms with E-state index in [0.717, 1.165) is 19.3 Å². The molecule has 3 aliphatic carbocycles. The summed E-state index contributed by atoms with van der Waals surface area (Å²) < 4.78 is 26.2. The number of Topliss-reactive ketones (excluding diaryl/α,β-unsaturated/α-hetero) is 1. The molecule has 0 radical (unpaired) electrons. The molecule has 278 valence electrons. The van der Waals surface area contributed by atoms with E-state index in [1.807, 2.05) is 27.7 Å². The molecule has 0 spiro atoms. The molecule has 4 aliphatic rings. The number of likely N-dealkylation sites (N-methyl/N-ethyl adjacent to an activating group) is 1. The fourth-order valence-electron chi connectivity index (χ4n) is 8.71. The minimum Gasteiger partial charge on any atom is -0.350 e. The van der Waals surface area contributed by atoms with Crippen LogP contribution in [-0.2, 0) is 29.0 Å². The van der Waals surface area contributed by atoms with E-state index in [1.54, 1.807) is 39.5 Å². The number of carbonyl (C=O) groups is 5. The third-order valence-corrected chi connectivity index (χ3v) is 15.3. The lowest BCUT2D eigenvalue weighted by molar-refractivity contribution is -0.145. The second-order valence-electron chi connectivity index (χ2n) is 17.8. The second kappa shape index (κ2) is 13.1. The number of carbonyl (C=O) groups excluding carboxylic acids is 5. The Morgan fingerprint density at radius 3 is 2.00 bits per heavy atom. The highest BCUT2D eigenvalue weighted by Crippen LogP contribution is 2.65. The predicted molar refractivity (Wildman–Crippen MR) is 188 cm³/mol. The molecule has 0 aromatic rings. The van der Waals surface area contributed by atoms with Gasteiger partial charge in [-0.3, -0.25) is 19.2 Å². The van der Waals surface area contributed by atoms with Gasteiger partial charge in [0, 0.05) is 13.1 Å². The van der Waals surface area contributed by atoms with Crippen molar-refractivity contribution in [1.29, 1.82) is 0 Å². The van der Waals surface area contributed by atoms with Gasteiger partial charge >= 0.3 is 6.03 Å². The van der Waals surface area contributed by atoms with Gasteiger partial charge in [0.25, 0.3) is 5.91 Å². The van der Waals surface area contributed by atoms with Crippen LogP contribution in [0.1, 0.15) is 121 Å². The average molecular weight is 708 g/mol. The number of urea groups is 1. The molecule has 0 unspecified atom stereocenters. The number of nitrogens with one attached hydrogen (secondary N) is 4. The maximum atomic E-state index is 14.5. The molecule has 4 N–H and O–H groups in total. The fourth-order valence-corrected chi connectivity index (χ4v) is 10.7. The van der Waals surface area contributed by atoms with Crippen molar-refractivity contribution >= 4 is 39.4 Å². The number of piperidine rings is 1. The topological polar surface area (TPSA) is 171 Å². The summed E-state index contributed by atoms with van der Waals surface area (Å²) >= 11 is 0. The van der Waals surface area contributed by atoms with Gasteiger partial charge in [-0.1, -0.05) is 67.2 Å². The Morgan fingerprint density at radius 2 is 1.51 bits per heavy atom. The van der Waals surface area contributed by atoms with E-state index in [2.05, 4.69) is 35.1 Å². The lowest BCUT2D eigenvalue weighted by atomic mass is 9.79. The highest BCUT2D eigenvalue weighted by Gasteiger charge is 2.71. The summed E-state index contributed by atoms with van der Waals surface area (Å²) in [5, 5.41) is 10.6. The molecule has 13 heteroatoms. The molecule has 12 nitrogen and oxygen atoms in total. The monoisotopic (exact) mass is 707 g/mol. The number of hydrogen-bond acceptors (Lipinski definition) is 7. The maximum Gasteiger partial charge on any atom is 0.315 e. The van der Waals surface area contributed by atoms with Crippen LogP contribution in [0.15, 0.2) is 0 Å². The molecule has 4 fully saturated rings. The molecule has 0 aromatic carbocycles. The van der Waals surface area contributed by atoms with Crippen molar-refractivity contribution in [3.8, 4) is 0 Å². The van der Waals surface area contributed by atoms with Crippen LogP contribution in [0, 0.1) is 28.6 Å². The Bertz CT molecular complexity index is 1460. The third-order valence-electron chi connectivity index (χ3n) is 12.2. The van der Waals surface area contributed by atoms with E-state index < -0.39 is 77.9 Å². The van der Waals surface area contributed by atoms with Crippen LogP contribution in [0.25, 0.3) is 0 Å². The summed E-state index contributed by atoms with van der Waals surface area (Å²) in [6, 6.07) is -2.53. The first-order valence-electron chi connectivity index (χ1n) is 18.2. The first-order chi connectivity index (χ1) is 22.4. The van der Waals surface area contributed by atoms with Crippen molar-refractivity contribution in [3.63, 3.8) is 0 Å². The normalized spacial score (nSPS) is 29.9. The van der Waals surface area contributed by atoms with Crippen molar-refractivity contribution < 1.29 is 32.4 Å². The minimum absolute atomic E-state index is 0.0619. The van der Waals surface area contributed by atoms with E-state index in [-0.39, 0.29) is 29.7 Å². The number of fused-ring (bicyclic) bond motifs is 1. The van der Waals surface area contributed by atoms with Crippen molar-refractivity contribution in [2.24, 2.45) is 28.6 Å². The van der Waals surface area contributed by atoms with E-state index in [4.69, 9.17) is 0 Å². The number of likely N-dealkylation sites (tertiary alicyclic amines) is 1. The summed E-state index contributed by atoms with van der Waals surface area (Å²) in [4.78, 5) is 70.0. The van der Waals surface area contributed by atoms with Crippen molar-refractivity contribution in [1.82, 2.24) is 26.2 Å². The molecule has 0 bridgehead atoms. The first-order valence-corrected chi connectivity index (χ1v) is 19.7. The van der Waals surface area contributed by atoms with E-state index >= 15 is 0 Å². The van der Waals surface area contributed by atoms with Gasteiger partial charge in [0.1, 0.15) is 17.6 Å². The lowest BCUT2D eigenvalue weighted by Gasteiger charge is -2.45. The van der Waals surface area contributed by atoms with Crippen molar-refractivity contribution in [2.45, 2.75) is 154 Å². The van der Waals surface area contributed by atoms with Crippen LogP contribution >= 0.6 is 0 Å². The molecule has 1 saturated heterocycles. The molecular formula is C36H61N5O7S. The van der Waals surface area contributed by atoms with Crippen molar-refractivity contribution in [3.05, 3.63) is 0 Å². The number of rotatable bonds is 11. The Balaban J connectivity index is 1.59. The Labute approximate surface area is 293 Å². The number of hydrogen-bond donors (Lipinski definition) is 4. The predicted octanol–water partition coefficient (Wildman–Crippen LogP) is 3.48. The number of ketones is 1. The van der Waals surface area contributed by atoms with Crippen LogP contribution in [0.5, 0.6) is 0 Å². The zero-order valence-corrected chi connectivity index (χ0v) is 32.4. The second-order valence-corrected chi connectivity index (χ2v) is 20.8. The zero-order valence-electron chi connectivity index (χ0n) is 31.5. The standard InChI is InChI=1S/C36H61N5O7S/c1-12-22-19-36(22,27(42)29(44)37-13-2)39-28(43)25-24-23(34(24,10)11)20-41(25)30(45)26(32(4,5)6)38-31(46)40-35(17-15-14-16-18-35)21(3)49(47,48)33(7,8)9/h21-26H,12-20H2,1-11H3,(H,37,44)(H,39,43)(H2,38,40,46)/t21-,22-,23-,24-,25-,26+,36+/m0/s1. The molecule has 49 heavy (non-hydrogen) atoms. The van der Waals surface area contributed by atoms with Crippen LogP contribution in [0.3, 0.4) is 0 Å². The highest BCUT2D eigenvalue weighted by atomic mass is 32.2. The number of amides is 5. The maximum absolute atomic E-state index is 14.5. The molecule has 7 atom stereocenters. The molecule has 1 heterocycles. The van der Waals surface area contributed by atoms with Crippen LogP contribution in [0.4, 0.5) is 4.79 Å². The average Bonchev–Trinajstić information content (AvgIpc) is 3.76. The molecular weight excluding hydrogens is 646 g/mol. The Morgan fingerprint density at radius 1 is 0.918 bits per heavy atom. The van der Waals surface area contributed by atoms with E-state index in [9.17, 15) is 32.4 Å². The smallest absolute Gasteiger partial charge is 0.315 e. The van der Waals surface area contributed by atoms with Gasteiger partial charge in [-0.05, 0) is 82.5 Å². The zero-order chi connectivity index (χ0) is 37.1. The summed E-state index contributed by atoms with van der Waals surface area (Å²) in [5.74, 6) is -2.52. The van der Waals surface area contributed by atoms with Crippen LogP contribution in [0.2, 0.25) is 0 Å². The van der Waals surface area contributed by atoms with Gasteiger partial charge in [0.2, 0.25) is 17.6 Å². The molecule has 0 aromatic heterocycles. The van der Waals surface area contributed by atoms with E-state index in [0.29, 0.717) is 32.2 Å². The van der Waals surface area contributed by atoms with Gasteiger partial charge in [-0.15, -0.1) is 0 Å². The van der Waals surface area contributed by atoms with Gasteiger partial charge in [-0.2, -0.15) is 0 Å². The van der Waals surface area contributed by atoms with Crippen LogP contribution in [-0.4, -0.2) is 89.1 Å². The number of sulfone groups is 1. The van der Waals surface area contributed by atoms with Crippen molar-refractivity contribution in [2.75, 3.05) is 13.1 Å². The molecule has 4 rings (SSSR count). The highest BCUT2D eigenvalue weighted by molar-refractivity contribution is 7.93. The van der Waals surface area contributed by atoms with E-state index in [1.165, 1.54) is 0 Å². The Kier molecular flexibility index (Phi) is 10.5. The SMILES string of the molecule is CCNC(=O)C(=O)[C@@]1(NC(=O)[C@@H]2[C@@H]3[C@H](CN2C(=O)[C@@H](NC(=O)NC2([C@H](C)S(=O)(=O)C(C)(C)C)CCCCC2)C(C)(C)C)C3(C)C)C[C@@H]1CC. The summed E-state index contributed by atoms with van der Waals surface area (Å²) in [7, 11) is -3.64. The summed E-state index contributed by atoms with van der Waals surface area (Å²) in [6.07, 6.45) is 4.48. The van der Waals surface area contributed by atoms with Crippen LogP contribution < -0.4 is 21.3 Å². The number of nitrogens with zero attached hydrogens (tertiary/aromatic N) is 1. The van der Waals surface area contributed by atoms with Gasteiger partial charge in [0.05, 0.1) is 15.5 Å². The summed E-state index contributed by atoms with van der Waals surface area (Å²) in [6.45, 7) is 20.6.